The number of rotatable bonds is 7. The highest BCUT2D eigenvalue weighted by atomic mass is 16.5. The molecule has 0 radical (unpaired) electrons. The third-order valence-corrected chi connectivity index (χ3v) is 5.22. The van der Waals surface area contributed by atoms with Crippen LogP contribution in [0.3, 0.4) is 0 Å². The monoisotopic (exact) mass is 361 g/mol. The van der Waals surface area contributed by atoms with E-state index in [-0.39, 0.29) is 11.6 Å². The third kappa shape index (κ3) is 4.68. The number of hydrogen-bond acceptors (Lipinski definition) is 4. The molecule has 2 aliphatic rings. The standard InChI is InChI=1S/C20H31N3O3/c1-21-19(22-11-12-25-14-13-24-2)23-17-15-20(9-5-6-10-20)26-18-8-4-3-7-16(17)18/h3-4,7-8,17H,5-6,9-15H2,1-2H3,(H2,21,22,23). The second-order valence-electron chi connectivity index (χ2n) is 7.04. The van der Waals surface area contributed by atoms with Gasteiger partial charge in [-0.1, -0.05) is 18.2 Å². The normalized spacial score (nSPS) is 21.3. The molecule has 1 saturated carbocycles. The van der Waals surface area contributed by atoms with Crippen molar-refractivity contribution in [3.63, 3.8) is 0 Å². The smallest absolute Gasteiger partial charge is 0.191 e. The Balaban J connectivity index is 1.59. The number of methoxy groups -OCH3 is 1. The Kier molecular flexibility index (Phi) is 6.74. The van der Waals surface area contributed by atoms with Gasteiger partial charge in [-0.15, -0.1) is 0 Å². The van der Waals surface area contributed by atoms with Crippen molar-refractivity contribution in [1.29, 1.82) is 0 Å². The summed E-state index contributed by atoms with van der Waals surface area (Å²) in [5.74, 6) is 1.81. The molecular weight excluding hydrogens is 330 g/mol. The van der Waals surface area contributed by atoms with E-state index in [2.05, 4.69) is 33.8 Å². The lowest BCUT2D eigenvalue weighted by Gasteiger charge is -2.40. The second kappa shape index (κ2) is 9.24. The lowest BCUT2D eigenvalue weighted by Crippen LogP contribution is -2.47. The minimum Gasteiger partial charge on any atom is -0.487 e. The van der Waals surface area contributed by atoms with Gasteiger partial charge < -0.3 is 24.8 Å². The number of para-hydroxylation sites is 1. The van der Waals surface area contributed by atoms with Gasteiger partial charge in [-0.05, 0) is 31.7 Å². The van der Waals surface area contributed by atoms with Gasteiger partial charge in [-0.3, -0.25) is 4.99 Å². The Labute approximate surface area is 156 Å². The average molecular weight is 361 g/mol. The van der Waals surface area contributed by atoms with Crippen LogP contribution < -0.4 is 15.4 Å². The van der Waals surface area contributed by atoms with Crippen LogP contribution in [0.15, 0.2) is 29.3 Å². The van der Waals surface area contributed by atoms with Crippen molar-refractivity contribution in [2.75, 3.05) is 40.5 Å². The quantitative estimate of drug-likeness (QED) is 0.444. The van der Waals surface area contributed by atoms with Gasteiger partial charge in [0.1, 0.15) is 11.4 Å². The molecule has 6 nitrogen and oxygen atoms in total. The predicted octanol–water partition coefficient (Wildman–Crippen LogP) is 2.65. The summed E-state index contributed by atoms with van der Waals surface area (Å²) in [5.41, 5.74) is 1.19. The van der Waals surface area contributed by atoms with E-state index < -0.39 is 0 Å². The van der Waals surface area contributed by atoms with Crippen molar-refractivity contribution in [1.82, 2.24) is 10.6 Å². The molecule has 1 aliphatic carbocycles. The third-order valence-electron chi connectivity index (χ3n) is 5.22. The lowest BCUT2D eigenvalue weighted by atomic mass is 9.86. The van der Waals surface area contributed by atoms with Gasteiger partial charge in [-0.25, -0.2) is 0 Å². The number of hydrogen-bond donors (Lipinski definition) is 2. The molecule has 0 bridgehead atoms. The molecule has 144 valence electrons. The van der Waals surface area contributed by atoms with Crippen molar-refractivity contribution in [2.24, 2.45) is 4.99 Å². The number of guanidine groups is 1. The summed E-state index contributed by atoms with van der Waals surface area (Å²) in [4.78, 5) is 4.38. The van der Waals surface area contributed by atoms with Crippen LogP contribution in [0.1, 0.15) is 43.7 Å². The minimum atomic E-state index is -0.0197. The molecule has 1 fully saturated rings. The molecule has 0 saturated heterocycles. The first kappa shape index (κ1) is 19.0. The fraction of sp³-hybridized carbons (Fsp3) is 0.650. The van der Waals surface area contributed by atoms with Crippen molar-refractivity contribution in [2.45, 2.75) is 43.7 Å². The average Bonchev–Trinajstić information content (AvgIpc) is 3.10. The number of nitrogens with one attached hydrogen (secondary N) is 2. The highest BCUT2D eigenvalue weighted by Crippen LogP contribution is 2.46. The molecule has 1 aromatic carbocycles. The van der Waals surface area contributed by atoms with Gasteiger partial charge in [0.15, 0.2) is 5.96 Å². The first-order valence-corrected chi connectivity index (χ1v) is 9.58. The van der Waals surface area contributed by atoms with Crippen molar-refractivity contribution in [3.8, 4) is 5.75 Å². The van der Waals surface area contributed by atoms with Crippen LogP contribution in [0.4, 0.5) is 0 Å². The molecule has 2 N–H and O–H groups in total. The van der Waals surface area contributed by atoms with E-state index in [1.54, 1.807) is 14.2 Å². The molecule has 1 atom stereocenters. The van der Waals surface area contributed by atoms with E-state index in [0.29, 0.717) is 26.4 Å². The number of nitrogens with zero attached hydrogens (tertiary/aromatic N) is 1. The van der Waals surface area contributed by atoms with Gasteiger partial charge in [0.2, 0.25) is 0 Å². The SMILES string of the molecule is CN=C(NCCOCCOC)NC1CC2(CCCC2)Oc2ccccc21. The fourth-order valence-corrected chi connectivity index (χ4v) is 3.92. The summed E-state index contributed by atoms with van der Waals surface area (Å²) in [6.07, 6.45) is 5.76. The van der Waals surface area contributed by atoms with E-state index >= 15 is 0 Å². The zero-order valence-corrected chi connectivity index (χ0v) is 15.9. The van der Waals surface area contributed by atoms with Gasteiger partial charge in [0.25, 0.3) is 0 Å². The molecule has 1 heterocycles. The summed E-state index contributed by atoms with van der Waals surface area (Å²) >= 11 is 0. The topological polar surface area (TPSA) is 64.1 Å². The maximum Gasteiger partial charge on any atom is 0.191 e. The first-order valence-electron chi connectivity index (χ1n) is 9.58. The fourth-order valence-electron chi connectivity index (χ4n) is 3.92. The Morgan fingerprint density at radius 2 is 2.04 bits per heavy atom. The first-order chi connectivity index (χ1) is 12.8. The van der Waals surface area contributed by atoms with Crippen molar-refractivity contribution < 1.29 is 14.2 Å². The maximum atomic E-state index is 6.43. The van der Waals surface area contributed by atoms with Crippen LogP contribution >= 0.6 is 0 Å². The lowest BCUT2D eigenvalue weighted by molar-refractivity contribution is 0.0395. The Hall–Kier alpha value is -1.79. The number of benzene rings is 1. The van der Waals surface area contributed by atoms with Crippen LogP contribution in [0.25, 0.3) is 0 Å². The summed E-state index contributed by atoms with van der Waals surface area (Å²) < 4.78 is 16.9. The molecule has 3 rings (SSSR count). The molecule has 1 aromatic rings. The van der Waals surface area contributed by atoms with Gasteiger partial charge >= 0.3 is 0 Å². The van der Waals surface area contributed by atoms with Gasteiger partial charge in [0, 0.05) is 32.7 Å². The van der Waals surface area contributed by atoms with Crippen LogP contribution in [0.2, 0.25) is 0 Å². The summed E-state index contributed by atoms with van der Waals surface area (Å²) in [6, 6.07) is 8.56. The number of aliphatic imine (C=N–C) groups is 1. The largest absolute Gasteiger partial charge is 0.487 e. The molecule has 1 spiro atoms. The molecule has 0 aromatic heterocycles. The zero-order valence-electron chi connectivity index (χ0n) is 15.9. The van der Waals surface area contributed by atoms with E-state index in [0.717, 1.165) is 31.0 Å². The van der Waals surface area contributed by atoms with Crippen molar-refractivity contribution >= 4 is 5.96 Å². The Morgan fingerprint density at radius 1 is 1.23 bits per heavy atom. The maximum absolute atomic E-state index is 6.43. The van der Waals surface area contributed by atoms with Gasteiger partial charge in [0.05, 0.1) is 25.9 Å². The summed E-state index contributed by atoms with van der Waals surface area (Å²) in [6.45, 7) is 2.56. The summed E-state index contributed by atoms with van der Waals surface area (Å²) in [7, 11) is 3.48. The summed E-state index contributed by atoms with van der Waals surface area (Å²) in [5, 5.41) is 6.93. The molecular formula is C20H31N3O3. The van der Waals surface area contributed by atoms with E-state index in [9.17, 15) is 0 Å². The van der Waals surface area contributed by atoms with Crippen molar-refractivity contribution in [3.05, 3.63) is 29.8 Å². The van der Waals surface area contributed by atoms with Gasteiger partial charge in [-0.2, -0.15) is 0 Å². The molecule has 6 heteroatoms. The van der Waals surface area contributed by atoms with Crippen LogP contribution in [0.5, 0.6) is 5.75 Å². The Morgan fingerprint density at radius 3 is 2.81 bits per heavy atom. The molecule has 26 heavy (non-hydrogen) atoms. The number of ether oxygens (including phenoxy) is 3. The molecule has 1 unspecified atom stereocenters. The van der Waals surface area contributed by atoms with E-state index in [1.165, 1.54) is 18.4 Å². The van der Waals surface area contributed by atoms with Crippen LogP contribution in [0, 0.1) is 0 Å². The number of fused-ring (bicyclic) bond motifs is 1. The highest BCUT2D eigenvalue weighted by molar-refractivity contribution is 5.80. The predicted molar refractivity (Wildman–Crippen MR) is 103 cm³/mol. The zero-order chi connectivity index (χ0) is 18.2. The van der Waals surface area contributed by atoms with Crippen LogP contribution in [-0.2, 0) is 9.47 Å². The minimum absolute atomic E-state index is 0.0197. The van der Waals surface area contributed by atoms with E-state index in [4.69, 9.17) is 14.2 Å². The molecule has 0 amide bonds. The molecule has 1 aliphatic heterocycles. The Bertz CT molecular complexity index is 600. The van der Waals surface area contributed by atoms with E-state index in [1.807, 2.05) is 6.07 Å². The van der Waals surface area contributed by atoms with Crippen LogP contribution in [-0.4, -0.2) is 52.1 Å². The highest BCUT2D eigenvalue weighted by Gasteiger charge is 2.43. The second-order valence-corrected chi connectivity index (χ2v) is 7.04.